The van der Waals surface area contributed by atoms with Crippen molar-refractivity contribution in [1.29, 1.82) is 0 Å². The second-order valence-corrected chi connectivity index (χ2v) is 2.80. The van der Waals surface area contributed by atoms with Crippen molar-refractivity contribution in [3.05, 3.63) is 40.9 Å². The maximum Gasteiger partial charge on any atom is 0.349 e. The number of halogens is 1. The van der Waals surface area contributed by atoms with Crippen molar-refractivity contribution in [3.8, 4) is 0 Å². The van der Waals surface area contributed by atoms with Crippen LogP contribution in [0.5, 0.6) is 0 Å². The van der Waals surface area contributed by atoms with Crippen LogP contribution in [0.2, 0.25) is 0 Å². The molecule has 0 unspecified atom stereocenters. The molecule has 0 atom stereocenters. The van der Waals surface area contributed by atoms with Crippen LogP contribution < -0.4 is 0 Å². The van der Waals surface area contributed by atoms with E-state index in [-0.39, 0.29) is 5.03 Å². The maximum atomic E-state index is 10.9. The summed E-state index contributed by atoms with van der Waals surface area (Å²) in [7, 11) is 1.30. The number of benzene rings is 1. The lowest BCUT2D eigenvalue weighted by atomic mass is 10.2. The summed E-state index contributed by atoms with van der Waals surface area (Å²) in [6.07, 6.45) is 1.56. The van der Waals surface area contributed by atoms with Crippen molar-refractivity contribution in [2.24, 2.45) is 0 Å². The summed E-state index contributed by atoms with van der Waals surface area (Å²) < 4.78 is 4.45. The van der Waals surface area contributed by atoms with E-state index < -0.39 is 5.97 Å². The molecule has 1 aromatic rings. The predicted octanol–water partition coefficient (Wildman–Crippen LogP) is 2.44. The number of carbonyl (C=O) groups is 1. The van der Waals surface area contributed by atoms with Crippen molar-refractivity contribution in [3.63, 3.8) is 0 Å². The van der Waals surface area contributed by atoms with E-state index in [1.54, 1.807) is 6.08 Å². The number of hydrogen-bond acceptors (Lipinski definition) is 2. The SMILES string of the molecule is COC(=O)/C(Cl)=C\c1ccccc1. The van der Waals surface area contributed by atoms with E-state index >= 15 is 0 Å². The summed E-state index contributed by atoms with van der Waals surface area (Å²) in [4.78, 5) is 10.9. The molecule has 0 saturated carbocycles. The Morgan fingerprint density at radius 2 is 2.00 bits per heavy atom. The van der Waals surface area contributed by atoms with Gasteiger partial charge >= 0.3 is 5.97 Å². The fourth-order valence-electron chi connectivity index (χ4n) is 0.852. The van der Waals surface area contributed by atoms with Gasteiger partial charge in [0.1, 0.15) is 5.03 Å². The van der Waals surface area contributed by atoms with Gasteiger partial charge in [0.15, 0.2) is 0 Å². The van der Waals surface area contributed by atoms with Crippen molar-refractivity contribution < 1.29 is 9.53 Å². The minimum atomic E-state index is -0.523. The van der Waals surface area contributed by atoms with Crippen LogP contribution in [0, 0.1) is 0 Å². The minimum Gasteiger partial charge on any atom is -0.465 e. The summed E-state index contributed by atoms with van der Waals surface area (Å²) in [5, 5.41) is 0.0775. The first kappa shape index (κ1) is 9.81. The molecule has 0 amide bonds. The Hall–Kier alpha value is -1.28. The Morgan fingerprint density at radius 3 is 2.54 bits per heavy atom. The third-order valence-electron chi connectivity index (χ3n) is 1.47. The van der Waals surface area contributed by atoms with E-state index in [0.717, 1.165) is 5.56 Å². The van der Waals surface area contributed by atoms with E-state index in [2.05, 4.69) is 4.74 Å². The molecule has 0 spiro atoms. The average molecular weight is 197 g/mol. The zero-order chi connectivity index (χ0) is 9.68. The van der Waals surface area contributed by atoms with E-state index in [1.165, 1.54) is 7.11 Å². The van der Waals surface area contributed by atoms with Gasteiger partial charge in [0, 0.05) is 0 Å². The van der Waals surface area contributed by atoms with Gasteiger partial charge in [0.25, 0.3) is 0 Å². The van der Waals surface area contributed by atoms with Gasteiger partial charge in [0.2, 0.25) is 0 Å². The van der Waals surface area contributed by atoms with Gasteiger partial charge in [-0.1, -0.05) is 41.9 Å². The molecule has 0 N–H and O–H groups in total. The van der Waals surface area contributed by atoms with Crippen LogP contribution in [0.15, 0.2) is 35.4 Å². The zero-order valence-electron chi connectivity index (χ0n) is 7.16. The summed E-state index contributed by atoms with van der Waals surface area (Å²) in [5.74, 6) is -0.523. The topological polar surface area (TPSA) is 26.3 Å². The molecule has 0 aliphatic heterocycles. The van der Waals surface area contributed by atoms with Crippen molar-refractivity contribution >= 4 is 23.6 Å². The first-order chi connectivity index (χ1) is 6.24. The van der Waals surface area contributed by atoms with Crippen LogP contribution in [0.1, 0.15) is 5.56 Å². The highest BCUT2D eigenvalue weighted by Crippen LogP contribution is 2.10. The molecule has 0 bridgehead atoms. The molecular formula is C10H9ClO2. The molecule has 0 fully saturated rings. The second kappa shape index (κ2) is 4.67. The van der Waals surface area contributed by atoms with Gasteiger partial charge < -0.3 is 4.74 Å². The molecule has 0 heterocycles. The Balaban J connectivity index is 2.83. The monoisotopic (exact) mass is 196 g/mol. The van der Waals surface area contributed by atoms with Gasteiger partial charge in [-0.15, -0.1) is 0 Å². The molecule has 0 aromatic heterocycles. The molecular weight excluding hydrogens is 188 g/mol. The molecule has 68 valence electrons. The molecule has 13 heavy (non-hydrogen) atoms. The van der Waals surface area contributed by atoms with Crippen LogP contribution in [-0.2, 0) is 9.53 Å². The van der Waals surface area contributed by atoms with Crippen molar-refractivity contribution in [2.45, 2.75) is 0 Å². The number of methoxy groups -OCH3 is 1. The first-order valence-electron chi connectivity index (χ1n) is 3.74. The van der Waals surface area contributed by atoms with Crippen molar-refractivity contribution in [1.82, 2.24) is 0 Å². The molecule has 1 aromatic carbocycles. The highest BCUT2D eigenvalue weighted by Gasteiger charge is 2.04. The molecule has 0 aliphatic carbocycles. The molecule has 3 heteroatoms. The molecule has 0 radical (unpaired) electrons. The summed E-state index contributed by atoms with van der Waals surface area (Å²) >= 11 is 5.65. The number of ether oxygens (including phenoxy) is 1. The average Bonchev–Trinajstić information content (AvgIpc) is 2.18. The van der Waals surface area contributed by atoms with Gasteiger partial charge in [0.05, 0.1) is 7.11 Å². The molecule has 2 nitrogen and oxygen atoms in total. The van der Waals surface area contributed by atoms with E-state index in [0.29, 0.717) is 0 Å². The zero-order valence-corrected chi connectivity index (χ0v) is 7.91. The first-order valence-corrected chi connectivity index (χ1v) is 4.12. The van der Waals surface area contributed by atoms with Gasteiger partial charge in [-0.2, -0.15) is 0 Å². The highest BCUT2D eigenvalue weighted by molar-refractivity contribution is 6.43. The predicted molar refractivity (Wildman–Crippen MR) is 52.3 cm³/mol. The smallest absolute Gasteiger partial charge is 0.349 e. The Bertz CT molecular complexity index is 317. The van der Waals surface area contributed by atoms with Gasteiger partial charge in [-0.3, -0.25) is 0 Å². The van der Waals surface area contributed by atoms with Crippen LogP contribution >= 0.6 is 11.6 Å². The third-order valence-corrected chi connectivity index (χ3v) is 1.74. The van der Waals surface area contributed by atoms with E-state index in [9.17, 15) is 4.79 Å². The van der Waals surface area contributed by atoms with Crippen LogP contribution in [-0.4, -0.2) is 13.1 Å². The lowest BCUT2D eigenvalue weighted by Gasteiger charge is -1.96. The fraction of sp³-hybridized carbons (Fsp3) is 0.100. The van der Waals surface area contributed by atoms with Crippen molar-refractivity contribution in [2.75, 3.05) is 7.11 Å². The molecule has 0 aliphatic rings. The fourth-order valence-corrected chi connectivity index (χ4v) is 1.06. The van der Waals surface area contributed by atoms with Crippen LogP contribution in [0.4, 0.5) is 0 Å². The summed E-state index contributed by atoms with van der Waals surface area (Å²) in [6.45, 7) is 0. The Kier molecular flexibility index (Phi) is 3.53. The number of hydrogen-bond donors (Lipinski definition) is 0. The highest BCUT2D eigenvalue weighted by atomic mass is 35.5. The minimum absolute atomic E-state index is 0.0775. The number of esters is 1. The lowest BCUT2D eigenvalue weighted by Crippen LogP contribution is -1.98. The van der Waals surface area contributed by atoms with E-state index in [4.69, 9.17) is 11.6 Å². The number of carbonyl (C=O) groups excluding carboxylic acids is 1. The van der Waals surface area contributed by atoms with Gasteiger partial charge in [-0.25, -0.2) is 4.79 Å². The molecule has 0 saturated heterocycles. The number of rotatable bonds is 2. The second-order valence-electron chi connectivity index (χ2n) is 2.39. The summed E-state index contributed by atoms with van der Waals surface area (Å²) in [6, 6.07) is 9.33. The lowest BCUT2D eigenvalue weighted by molar-refractivity contribution is -0.135. The summed E-state index contributed by atoms with van der Waals surface area (Å²) in [5.41, 5.74) is 0.873. The standard InChI is InChI=1S/C10H9ClO2/c1-13-10(12)9(11)7-8-5-3-2-4-6-8/h2-7H,1H3/b9-7+. The van der Waals surface area contributed by atoms with E-state index in [1.807, 2.05) is 30.3 Å². The normalized spacial score (nSPS) is 11.1. The largest absolute Gasteiger partial charge is 0.465 e. The Morgan fingerprint density at radius 1 is 1.38 bits per heavy atom. The maximum absolute atomic E-state index is 10.9. The van der Waals surface area contributed by atoms with Gasteiger partial charge in [-0.05, 0) is 11.6 Å². The van der Waals surface area contributed by atoms with Crippen LogP contribution in [0.3, 0.4) is 0 Å². The quantitative estimate of drug-likeness (QED) is 0.537. The van der Waals surface area contributed by atoms with Crippen LogP contribution in [0.25, 0.3) is 6.08 Å². The molecule has 1 rings (SSSR count). The Labute approximate surface area is 81.8 Å². The third kappa shape index (κ3) is 2.92.